The van der Waals surface area contributed by atoms with E-state index < -0.39 is 17.6 Å². The number of carboxylic acids is 1. The summed E-state index contributed by atoms with van der Waals surface area (Å²) in [5.41, 5.74) is 0.393. The third kappa shape index (κ3) is 6.54. The number of hydrogen-bond donors (Lipinski definition) is 1. The molecule has 3 rings (SSSR count). The molecule has 158 valence electrons. The summed E-state index contributed by atoms with van der Waals surface area (Å²) in [5, 5.41) is 17.8. The zero-order valence-corrected chi connectivity index (χ0v) is 17.6. The molecule has 8 heteroatoms. The van der Waals surface area contributed by atoms with E-state index in [1.807, 2.05) is 6.07 Å². The summed E-state index contributed by atoms with van der Waals surface area (Å²) >= 11 is 11.3. The fourth-order valence-corrected chi connectivity index (χ4v) is 2.76. The van der Waals surface area contributed by atoms with Gasteiger partial charge in [0.2, 0.25) is 0 Å². The highest BCUT2D eigenvalue weighted by Gasteiger charge is 2.11. The van der Waals surface area contributed by atoms with E-state index in [-0.39, 0.29) is 32.3 Å². The summed E-state index contributed by atoms with van der Waals surface area (Å²) in [7, 11) is 1.50. The van der Waals surface area contributed by atoms with E-state index in [1.54, 1.807) is 18.2 Å². The van der Waals surface area contributed by atoms with Gasteiger partial charge in [0.05, 0.1) is 29.3 Å². The first-order chi connectivity index (χ1) is 14.8. The maximum absolute atomic E-state index is 13.8. The quantitative estimate of drug-likeness (QED) is 0.345. The van der Waals surface area contributed by atoms with E-state index in [2.05, 4.69) is 0 Å². The van der Waals surface area contributed by atoms with Gasteiger partial charge < -0.3 is 9.84 Å². The van der Waals surface area contributed by atoms with Crippen molar-refractivity contribution in [2.75, 3.05) is 7.11 Å². The number of halogens is 4. The maximum atomic E-state index is 13.8. The number of hydrogen-bond acceptors (Lipinski definition) is 3. The molecule has 0 heterocycles. The molecule has 0 aliphatic rings. The molecular weight excluding hydrogens is 447 g/mol. The molecule has 0 saturated carbocycles. The van der Waals surface area contributed by atoms with Crippen LogP contribution in [-0.2, 0) is 0 Å². The van der Waals surface area contributed by atoms with Gasteiger partial charge in [-0.25, -0.2) is 13.6 Å². The van der Waals surface area contributed by atoms with Crippen LogP contribution in [0.1, 0.15) is 21.5 Å². The second-order valence-corrected chi connectivity index (χ2v) is 6.82. The minimum absolute atomic E-state index is 0.0136. The highest BCUT2D eigenvalue weighted by atomic mass is 35.5. The number of rotatable bonds is 4. The van der Waals surface area contributed by atoms with Crippen molar-refractivity contribution in [2.24, 2.45) is 0 Å². The Morgan fingerprint density at radius 2 is 1.81 bits per heavy atom. The second kappa shape index (κ2) is 11.1. The van der Waals surface area contributed by atoms with E-state index in [1.165, 1.54) is 49.6 Å². The van der Waals surface area contributed by atoms with Crippen molar-refractivity contribution >= 4 is 40.8 Å². The van der Waals surface area contributed by atoms with E-state index in [4.69, 9.17) is 38.3 Å². The molecule has 4 nitrogen and oxygen atoms in total. The zero-order valence-electron chi connectivity index (χ0n) is 16.1. The smallest absolute Gasteiger partial charge is 0.335 e. The van der Waals surface area contributed by atoms with Gasteiger partial charge in [-0.2, -0.15) is 5.26 Å². The molecule has 0 atom stereocenters. The Bertz CT molecular complexity index is 1170. The lowest BCUT2D eigenvalue weighted by Crippen LogP contribution is -1.95. The van der Waals surface area contributed by atoms with Crippen LogP contribution >= 0.6 is 23.2 Å². The van der Waals surface area contributed by atoms with Gasteiger partial charge in [0.25, 0.3) is 0 Å². The maximum Gasteiger partial charge on any atom is 0.335 e. The summed E-state index contributed by atoms with van der Waals surface area (Å²) in [6.45, 7) is 0. The lowest BCUT2D eigenvalue weighted by Gasteiger charge is -2.04. The summed E-state index contributed by atoms with van der Waals surface area (Å²) in [6.07, 6.45) is 1.24. The topological polar surface area (TPSA) is 70.3 Å². The van der Waals surface area contributed by atoms with Crippen LogP contribution in [0.5, 0.6) is 5.75 Å². The predicted molar refractivity (Wildman–Crippen MR) is 116 cm³/mol. The zero-order chi connectivity index (χ0) is 23.0. The van der Waals surface area contributed by atoms with Crippen molar-refractivity contribution in [1.29, 1.82) is 5.26 Å². The highest BCUT2D eigenvalue weighted by molar-refractivity contribution is 6.31. The third-order valence-electron chi connectivity index (χ3n) is 3.94. The van der Waals surface area contributed by atoms with Crippen LogP contribution in [0.15, 0.2) is 60.7 Å². The molecule has 0 saturated heterocycles. The lowest BCUT2D eigenvalue weighted by atomic mass is 10.0. The fourth-order valence-electron chi connectivity index (χ4n) is 2.42. The summed E-state index contributed by atoms with van der Waals surface area (Å²) in [5.74, 6) is -1.68. The van der Waals surface area contributed by atoms with E-state index in [9.17, 15) is 13.6 Å². The number of carboxylic acid groups (broad SMARTS) is 1. The molecule has 1 N–H and O–H groups in total. The van der Waals surface area contributed by atoms with Crippen molar-refractivity contribution in [2.45, 2.75) is 0 Å². The van der Waals surface area contributed by atoms with Gasteiger partial charge in [-0.15, -0.1) is 0 Å². The number of benzene rings is 3. The Hall–Kier alpha value is -3.40. The largest absolute Gasteiger partial charge is 0.497 e. The molecule has 0 fully saturated rings. The first-order valence-electron chi connectivity index (χ1n) is 8.65. The highest BCUT2D eigenvalue weighted by Crippen LogP contribution is 2.26. The van der Waals surface area contributed by atoms with Crippen LogP contribution in [-0.4, -0.2) is 18.2 Å². The average molecular weight is 462 g/mol. The Kier molecular flexibility index (Phi) is 8.56. The standard InChI is InChI=1S/C15H7Cl2F2N.C8H8O3/c16-11-4-5-12(14(18)7-11)10(8-20)6-9-2-1-3-13(17)15(9)19;1-11-7-4-2-3-6(5-7)8(9)10/h1-7H;2-5H,1H3,(H,9,10)/b10-6+;. The van der Waals surface area contributed by atoms with Gasteiger partial charge in [-0.05, 0) is 48.5 Å². The number of nitrogens with zero attached hydrogens (tertiary/aromatic N) is 1. The molecule has 0 amide bonds. The predicted octanol–water partition coefficient (Wildman–Crippen LogP) is 6.73. The molecule has 0 radical (unpaired) electrons. The molecule has 3 aromatic carbocycles. The van der Waals surface area contributed by atoms with Crippen LogP contribution in [0.4, 0.5) is 8.78 Å². The minimum atomic E-state index is -0.941. The average Bonchev–Trinajstić information content (AvgIpc) is 2.76. The molecule has 0 aromatic heterocycles. The van der Waals surface area contributed by atoms with Crippen molar-refractivity contribution in [3.63, 3.8) is 0 Å². The van der Waals surface area contributed by atoms with Crippen LogP contribution in [0.3, 0.4) is 0 Å². The minimum Gasteiger partial charge on any atom is -0.497 e. The van der Waals surface area contributed by atoms with Gasteiger partial charge in [0, 0.05) is 16.1 Å². The van der Waals surface area contributed by atoms with Crippen LogP contribution in [0.2, 0.25) is 10.0 Å². The molecule has 0 aliphatic carbocycles. The van der Waals surface area contributed by atoms with Crippen molar-refractivity contribution in [3.8, 4) is 11.8 Å². The molecule has 0 unspecified atom stereocenters. The number of allylic oxidation sites excluding steroid dienone is 1. The van der Waals surface area contributed by atoms with Crippen molar-refractivity contribution in [3.05, 3.63) is 99.0 Å². The van der Waals surface area contributed by atoms with E-state index >= 15 is 0 Å². The van der Waals surface area contributed by atoms with Crippen molar-refractivity contribution < 1.29 is 23.4 Å². The Balaban J connectivity index is 0.000000262. The summed E-state index contributed by atoms with van der Waals surface area (Å²) in [4.78, 5) is 10.4. The second-order valence-electron chi connectivity index (χ2n) is 5.97. The number of carbonyl (C=O) groups is 1. The van der Waals surface area contributed by atoms with Gasteiger partial charge in [-0.3, -0.25) is 0 Å². The molecule has 0 spiro atoms. The molecular formula is C23H15Cl2F2NO3. The van der Waals surface area contributed by atoms with Gasteiger partial charge in [0.15, 0.2) is 0 Å². The van der Waals surface area contributed by atoms with E-state index in [0.29, 0.717) is 5.75 Å². The first-order valence-corrected chi connectivity index (χ1v) is 9.41. The Morgan fingerprint density at radius 1 is 1.10 bits per heavy atom. The van der Waals surface area contributed by atoms with Gasteiger partial charge in [-0.1, -0.05) is 41.4 Å². The SMILES string of the molecule is COc1cccc(C(=O)O)c1.N#C/C(=C\c1cccc(Cl)c1F)c1ccc(Cl)cc1F. The monoisotopic (exact) mass is 461 g/mol. The first kappa shape index (κ1) is 23.9. The Labute approximate surface area is 187 Å². The van der Waals surface area contributed by atoms with Crippen LogP contribution in [0.25, 0.3) is 11.6 Å². The summed E-state index contributed by atoms with van der Waals surface area (Å²) < 4.78 is 32.4. The van der Waals surface area contributed by atoms with Crippen LogP contribution < -0.4 is 4.74 Å². The molecule has 0 aliphatic heterocycles. The fraction of sp³-hybridized carbons (Fsp3) is 0.0435. The van der Waals surface area contributed by atoms with Crippen LogP contribution in [0, 0.1) is 23.0 Å². The molecule has 0 bridgehead atoms. The molecule has 3 aromatic rings. The summed E-state index contributed by atoms with van der Waals surface area (Å²) in [6, 6.07) is 16.5. The van der Waals surface area contributed by atoms with E-state index in [0.717, 1.165) is 6.07 Å². The van der Waals surface area contributed by atoms with Gasteiger partial charge >= 0.3 is 5.97 Å². The number of methoxy groups -OCH3 is 1. The molecule has 31 heavy (non-hydrogen) atoms. The number of nitriles is 1. The Morgan fingerprint density at radius 3 is 2.42 bits per heavy atom. The lowest BCUT2D eigenvalue weighted by molar-refractivity contribution is 0.0696. The van der Waals surface area contributed by atoms with Gasteiger partial charge in [0.1, 0.15) is 17.4 Å². The van der Waals surface area contributed by atoms with Crippen molar-refractivity contribution in [1.82, 2.24) is 0 Å². The number of ether oxygens (including phenoxy) is 1. The third-order valence-corrected chi connectivity index (χ3v) is 4.47. The number of aromatic carboxylic acids is 1. The normalized spacial score (nSPS) is 10.5.